The Labute approximate surface area is 145 Å². The third-order valence-corrected chi connectivity index (χ3v) is 6.05. The number of hydrogen-bond donors (Lipinski definition) is 0. The van der Waals surface area contributed by atoms with Gasteiger partial charge in [-0.25, -0.2) is 4.79 Å². The third kappa shape index (κ3) is 3.57. The largest absolute Gasteiger partial charge is 0.545 e. The molecular formula is C20H29O4-. The number of rotatable bonds is 4. The molecule has 0 spiro atoms. The zero-order valence-electron chi connectivity index (χ0n) is 15.1. The van der Waals surface area contributed by atoms with E-state index in [2.05, 4.69) is 20.1 Å². The normalized spacial score (nSPS) is 35.6. The van der Waals surface area contributed by atoms with Crippen LogP contribution in [-0.4, -0.2) is 17.5 Å². The van der Waals surface area contributed by atoms with Crippen molar-refractivity contribution in [2.45, 2.75) is 64.9 Å². The van der Waals surface area contributed by atoms with Crippen molar-refractivity contribution in [1.82, 2.24) is 0 Å². The van der Waals surface area contributed by atoms with E-state index in [4.69, 9.17) is 4.74 Å². The van der Waals surface area contributed by atoms with E-state index < -0.39 is 5.97 Å². The van der Waals surface area contributed by atoms with Gasteiger partial charge >= 0.3 is 5.97 Å². The Morgan fingerprint density at radius 2 is 1.42 bits per heavy atom. The van der Waals surface area contributed by atoms with Crippen molar-refractivity contribution in [3.8, 4) is 0 Å². The lowest BCUT2D eigenvalue weighted by atomic mass is 9.49. The maximum absolute atomic E-state index is 12.0. The van der Waals surface area contributed by atoms with E-state index >= 15 is 0 Å². The summed E-state index contributed by atoms with van der Waals surface area (Å²) >= 11 is 0. The Morgan fingerprint density at radius 1 is 1.00 bits per heavy atom. The highest BCUT2D eigenvalue weighted by molar-refractivity contribution is 5.87. The van der Waals surface area contributed by atoms with E-state index in [1.807, 2.05) is 0 Å². The van der Waals surface area contributed by atoms with Gasteiger partial charge in [-0.1, -0.05) is 20.1 Å². The van der Waals surface area contributed by atoms with Crippen molar-refractivity contribution in [2.24, 2.45) is 23.7 Å². The predicted molar refractivity (Wildman–Crippen MR) is 90.8 cm³/mol. The summed E-state index contributed by atoms with van der Waals surface area (Å²) in [6.07, 6.45) is 7.53. The first kappa shape index (κ1) is 18.8. The van der Waals surface area contributed by atoms with Gasteiger partial charge in [0.1, 0.15) is 5.60 Å². The van der Waals surface area contributed by atoms with Gasteiger partial charge < -0.3 is 14.6 Å². The van der Waals surface area contributed by atoms with Crippen LogP contribution in [0.4, 0.5) is 0 Å². The number of aliphatic carboxylic acids is 1. The van der Waals surface area contributed by atoms with Crippen LogP contribution in [0, 0.1) is 23.7 Å². The standard InChI is InChI=1S/C16H24O2.C4H6O2/c1-4-16(18-15(17)10(2)3)13-6-11-5-12(8-13)9-14(16)7-11;1-3(2)4(5)6/h11-14H,2,4-9H2,1,3H3;1H2,2H3,(H,5,6)/p-1. The molecule has 4 nitrogen and oxygen atoms in total. The zero-order chi connectivity index (χ0) is 18.1. The summed E-state index contributed by atoms with van der Waals surface area (Å²) in [6.45, 7) is 12.1. The molecule has 0 N–H and O–H groups in total. The van der Waals surface area contributed by atoms with Gasteiger partial charge in [-0.2, -0.15) is 0 Å². The van der Waals surface area contributed by atoms with E-state index in [-0.39, 0.29) is 17.1 Å². The minimum absolute atomic E-state index is 0.0648. The Bertz CT molecular complexity index is 506. The second-order valence-electron chi connectivity index (χ2n) is 7.85. The third-order valence-electron chi connectivity index (χ3n) is 6.05. The summed E-state index contributed by atoms with van der Waals surface area (Å²) < 4.78 is 5.99. The Morgan fingerprint density at radius 3 is 1.71 bits per heavy atom. The van der Waals surface area contributed by atoms with Gasteiger partial charge in [-0.3, -0.25) is 0 Å². The van der Waals surface area contributed by atoms with E-state index in [9.17, 15) is 14.7 Å². The van der Waals surface area contributed by atoms with Gasteiger partial charge in [0, 0.05) is 5.57 Å². The Balaban J connectivity index is 0.000000301. The molecule has 0 saturated heterocycles. The summed E-state index contributed by atoms with van der Waals surface area (Å²) in [7, 11) is 0. The van der Waals surface area contributed by atoms with Gasteiger partial charge in [0.2, 0.25) is 0 Å². The lowest BCUT2D eigenvalue weighted by Crippen LogP contribution is -2.59. The molecule has 4 rings (SSSR count). The van der Waals surface area contributed by atoms with Gasteiger partial charge in [0.05, 0.1) is 5.97 Å². The first-order valence-electron chi connectivity index (χ1n) is 8.95. The molecule has 4 fully saturated rings. The minimum Gasteiger partial charge on any atom is -0.545 e. The highest BCUT2D eigenvalue weighted by atomic mass is 16.6. The van der Waals surface area contributed by atoms with Crippen LogP contribution < -0.4 is 5.11 Å². The van der Waals surface area contributed by atoms with Crippen LogP contribution in [0.1, 0.15) is 59.3 Å². The van der Waals surface area contributed by atoms with Crippen LogP contribution in [0.3, 0.4) is 0 Å². The number of hydrogen-bond acceptors (Lipinski definition) is 4. The molecule has 0 aliphatic heterocycles. The summed E-state index contributed by atoms with van der Waals surface area (Å²) in [5, 5.41) is 9.49. The van der Waals surface area contributed by atoms with Crippen LogP contribution in [0.2, 0.25) is 0 Å². The SMILES string of the molecule is C=C(C)C(=O)OC1(CC)C2CC3CC(C2)CC1C3.C=C(C)C(=O)[O-]. The average molecular weight is 333 g/mol. The molecule has 4 aliphatic rings. The molecule has 0 radical (unpaired) electrons. The molecule has 0 aromatic rings. The van der Waals surface area contributed by atoms with Crippen molar-refractivity contribution >= 4 is 11.9 Å². The Hall–Kier alpha value is -1.58. The number of carboxylic acids is 1. The fourth-order valence-corrected chi connectivity index (χ4v) is 5.06. The van der Waals surface area contributed by atoms with Gasteiger partial charge in [0.25, 0.3) is 0 Å². The van der Waals surface area contributed by atoms with E-state index in [1.54, 1.807) is 6.92 Å². The van der Waals surface area contributed by atoms with Crippen molar-refractivity contribution in [1.29, 1.82) is 0 Å². The molecule has 0 aromatic heterocycles. The maximum Gasteiger partial charge on any atom is 0.333 e. The van der Waals surface area contributed by atoms with E-state index in [0.717, 1.165) is 18.3 Å². The fourth-order valence-electron chi connectivity index (χ4n) is 5.06. The molecule has 24 heavy (non-hydrogen) atoms. The smallest absolute Gasteiger partial charge is 0.333 e. The predicted octanol–water partition coefficient (Wildman–Crippen LogP) is 3.02. The van der Waals surface area contributed by atoms with Crippen LogP contribution in [0.15, 0.2) is 24.3 Å². The summed E-state index contributed by atoms with van der Waals surface area (Å²) in [6, 6.07) is 0. The van der Waals surface area contributed by atoms with Gasteiger partial charge in [-0.15, -0.1) is 0 Å². The number of esters is 1. The van der Waals surface area contributed by atoms with Crippen LogP contribution in [0.25, 0.3) is 0 Å². The summed E-state index contributed by atoms with van der Waals surface area (Å²) in [5.41, 5.74) is 0.440. The first-order valence-corrected chi connectivity index (χ1v) is 8.95. The number of carboxylic acid groups (broad SMARTS) is 1. The van der Waals surface area contributed by atoms with E-state index in [0.29, 0.717) is 17.4 Å². The second kappa shape index (κ2) is 7.12. The average Bonchev–Trinajstić information content (AvgIpc) is 2.50. The molecule has 4 bridgehead atoms. The molecule has 0 amide bonds. The number of carbonyl (C=O) groups is 2. The zero-order valence-corrected chi connectivity index (χ0v) is 15.1. The quantitative estimate of drug-likeness (QED) is 0.586. The number of ether oxygens (including phenoxy) is 1. The highest BCUT2D eigenvalue weighted by Gasteiger charge is 2.58. The summed E-state index contributed by atoms with van der Waals surface area (Å²) in [5.74, 6) is 1.69. The molecule has 0 atom stereocenters. The second-order valence-corrected chi connectivity index (χ2v) is 7.85. The van der Waals surface area contributed by atoms with Gasteiger partial charge in [0.15, 0.2) is 0 Å². The molecule has 4 aliphatic carbocycles. The van der Waals surface area contributed by atoms with Crippen molar-refractivity contribution in [2.75, 3.05) is 0 Å². The first-order chi connectivity index (χ1) is 11.2. The van der Waals surface area contributed by atoms with Crippen molar-refractivity contribution < 1.29 is 19.4 Å². The lowest BCUT2D eigenvalue weighted by Gasteiger charge is -2.60. The monoisotopic (exact) mass is 333 g/mol. The molecule has 0 unspecified atom stereocenters. The van der Waals surface area contributed by atoms with Crippen LogP contribution in [-0.2, 0) is 14.3 Å². The molecule has 4 saturated carbocycles. The topological polar surface area (TPSA) is 66.4 Å². The molecule has 0 heterocycles. The van der Waals surface area contributed by atoms with Crippen LogP contribution in [0.5, 0.6) is 0 Å². The van der Waals surface area contributed by atoms with Crippen molar-refractivity contribution in [3.63, 3.8) is 0 Å². The maximum atomic E-state index is 12.0. The Kier molecular flexibility index (Phi) is 5.56. The minimum atomic E-state index is -1.19. The molecule has 4 heteroatoms. The van der Waals surface area contributed by atoms with Crippen molar-refractivity contribution in [3.05, 3.63) is 24.3 Å². The van der Waals surface area contributed by atoms with E-state index in [1.165, 1.54) is 39.0 Å². The number of carbonyl (C=O) groups excluding carboxylic acids is 2. The summed E-state index contributed by atoms with van der Waals surface area (Å²) in [4.78, 5) is 21.5. The highest BCUT2D eigenvalue weighted by Crippen LogP contribution is 2.60. The van der Waals surface area contributed by atoms with Crippen LogP contribution >= 0.6 is 0 Å². The fraction of sp³-hybridized carbons (Fsp3) is 0.700. The molecule has 0 aromatic carbocycles. The molecule has 134 valence electrons. The lowest BCUT2D eigenvalue weighted by molar-refractivity contribution is -0.299. The van der Waals surface area contributed by atoms with Gasteiger partial charge in [-0.05, 0) is 81.6 Å². The molecular weight excluding hydrogens is 304 g/mol.